The normalized spacial score (nSPS) is 10.2. The molecule has 0 atom stereocenters. The summed E-state index contributed by atoms with van der Waals surface area (Å²) in [5, 5.41) is 5.25. The van der Waals surface area contributed by atoms with Crippen LogP contribution in [0.4, 0.5) is 5.69 Å². The minimum Gasteiger partial charge on any atom is -0.491 e. The van der Waals surface area contributed by atoms with E-state index < -0.39 is 0 Å². The van der Waals surface area contributed by atoms with E-state index in [0.717, 1.165) is 4.47 Å². The molecule has 1 aromatic rings. The molecule has 0 radical (unpaired) electrons. The van der Waals surface area contributed by atoms with E-state index in [4.69, 9.17) is 4.74 Å². The molecule has 0 bridgehead atoms. The highest BCUT2D eigenvalue weighted by Crippen LogP contribution is 2.25. The van der Waals surface area contributed by atoms with Crippen LogP contribution in [0.5, 0.6) is 5.75 Å². The molecule has 0 aromatic heterocycles. The van der Waals surface area contributed by atoms with Crippen molar-refractivity contribution in [1.29, 1.82) is 0 Å². The molecule has 2 N–H and O–H groups in total. The molecule has 0 aliphatic carbocycles. The van der Waals surface area contributed by atoms with Crippen molar-refractivity contribution in [1.82, 2.24) is 5.32 Å². The van der Waals surface area contributed by atoms with Crippen LogP contribution in [0.15, 0.2) is 22.7 Å². The second kappa shape index (κ2) is 7.89. The molecular weight excluding hydrogens is 324 g/mol. The number of anilines is 1. The molecule has 5 nitrogen and oxygen atoms in total. The molecule has 0 aliphatic heterocycles. The Labute approximate surface area is 127 Å². The van der Waals surface area contributed by atoms with Crippen molar-refractivity contribution in [3.63, 3.8) is 0 Å². The van der Waals surface area contributed by atoms with Crippen molar-refractivity contribution in [2.75, 3.05) is 11.9 Å². The number of ether oxygens (including phenoxy) is 1. The smallest absolute Gasteiger partial charge is 0.233 e. The van der Waals surface area contributed by atoms with Gasteiger partial charge in [0.15, 0.2) is 0 Å². The quantitative estimate of drug-likeness (QED) is 0.781. The molecule has 1 aromatic carbocycles. The van der Waals surface area contributed by atoms with Crippen LogP contribution in [0.3, 0.4) is 0 Å². The van der Waals surface area contributed by atoms with Gasteiger partial charge < -0.3 is 15.4 Å². The Morgan fingerprint density at radius 1 is 1.25 bits per heavy atom. The molecule has 0 unspecified atom stereocenters. The van der Waals surface area contributed by atoms with Gasteiger partial charge >= 0.3 is 0 Å². The molecule has 6 heteroatoms. The zero-order valence-corrected chi connectivity index (χ0v) is 13.4. The molecule has 0 saturated carbocycles. The van der Waals surface area contributed by atoms with Crippen LogP contribution in [0.1, 0.15) is 27.2 Å². The van der Waals surface area contributed by atoms with E-state index >= 15 is 0 Å². The summed E-state index contributed by atoms with van der Waals surface area (Å²) in [6, 6.07) is 5.29. The number of benzene rings is 1. The van der Waals surface area contributed by atoms with Crippen LogP contribution in [0.2, 0.25) is 0 Å². The Kier molecular flexibility index (Phi) is 6.51. The summed E-state index contributed by atoms with van der Waals surface area (Å²) in [7, 11) is 0. The van der Waals surface area contributed by atoms with Gasteiger partial charge in [0, 0.05) is 22.8 Å². The van der Waals surface area contributed by atoms with Crippen LogP contribution >= 0.6 is 15.9 Å². The minimum absolute atomic E-state index is 0.0446. The number of carbonyl (C=O) groups excluding carboxylic acids is 2. The van der Waals surface area contributed by atoms with Crippen LogP contribution < -0.4 is 15.4 Å². The van der Waals surface area contributed by atoms with Crippen LogP contribution in [-0.2, 0) is 9.59 Å². The summed E-state index contributed by atoms with van der Waals surface area (Å²) < 4.78 is 6.37. The van der Waals surface area contributed by atoms with Crippen molar-refractivity contribution in [3.05, 3.63) is 22.7 Å². The van der Waals surface area contributed by atoms with Crippen molar-refractivity contribution < 1.29 is 14.3 Å². The number of hydrogen-bond acceptors (Lipinski definition) is 3. The summed E-state index contributed by atoms with van der Waals surface area (Å²) in [6.45, 7) is 6.16. The van der Waals surface area contributed by atoms with E-state index in [2.05, 4.69) is 26.6 Å². The van der Waals surface area contributed by atoms with Gasteiger partial charge in [0.1, 0.15) is 12.2 Å². The molecule has 0 saturated heterocycles. The highest BCUT2D eigenvalue weighted by atomic mass is 79.9. The third-order valence-corrected chi connectivity index (χ3v) is 2.68. The number of halogens is 1. The predicted octanol–water partition coefficient (Wildman–Crippen LogP) is 2.70. The fraction of sp³-hybridized carbons (Fsp3) is 0.429. The predicted molar refractivity (Wildman–Crippen MR) is 81.8 cm³/mol. The number of amides is 2. The number of hydrogen-bond donors (Lipinski definition) is 2. The first kappa shape index (κ1) is 16.5. The van der Waals surface area contributed by atoms with Crippen molar-refractivity contribution in [2.24, 2.45) is 0 Å². The monoisotopic (exact) mass is 342 g/mol. The van der Waals surface area contributed by atoms with Gasteiger partial charge in [0.25, 0.3) is 0 Å². The zero-order chi connectivity index (χ0) is 15.1. The molecule has 110 valence electrons. The van der Waals surface area contributed by atoms with Crippen molar-refractivity contribution >= 4 is 33.4 Å². The lowest BCUT2D eigenvalue weighted by Crippen LogP contribution is -2.27. The maximum absolute atomic E-state index is 11.7. The van der Waals surface area contributed by atoms with Gasteiger partial charge in [-0.05, 0) is 32.9 Å². The first-order valence-electron chi connectivity index (χ1n) is 6.44. The van der Waals surface area contributed by atoms with Crippen molar-refractivity contribution in [2.45, 2.75) is 33.3 Å². The van der Waals surface area contributed by atoms with Gasteiger partial charge in [-0.15, -0.1) is 0 Å². The van der Waals surface area contributed by atoms with E-state index in [-0.39, 0.29) is 24.3 Å². The fourth-order valence-electron chi connectivity index (χ4n) is 1.59. The van der Waals surface area contributed by atoms with Gasteiger partial charge in [0.2, 0.25) is 11.8 Å². The summed E-state index contributed by atoms with van der Waals surface area (Å²) in [5.74, 6) is 0.00545. The summed E-state index contributed by atoms with van der Waals surface area (Å²) in [6.07, 6.45) is -0.149. The van der Waals surface area contributed by atoms with Crippen molar-refractivity contribution in [3.8, 4) is 5.75 Å². The second-order valence-electron chi connectivity index (χ2n) is 4.52. The average molecular weight is 343 g/mol. The molecule has 2 amide bonds. The largest absolute Gasteiger partial charge is 0.491 e. The Morgan fingerprint density at radius 2 is 1.95 bits per heavy atom. The lowest BCUT2D eigenvalue weighted by atomic mass is 10.2. The zero-order valence-electron chi connectivity index (χ0n) is 11.8. The van der Waals surface area contributed by atoms with Gasteiger partial charge in [-0.2, -0.15) is 0 Å². The number of carbonyl (C=O) groups is 2. The van der Waals surface area contributed by atoms with E-state index in [0.29, 0.717) is 18.0 Å². The van der Waals surface area contributed by atoms with E-state index in [1.165, 1.54) is 0 Å². The highest BCUT2D eigenvalue weighted by Gasteiger charge is 2.10. The van der Waals surface area contributed by atoms with Gasteiger partial charge in [-0.25, -0.2) is 0 Å². The van der Waals surface area contributed by atoms with E-state index in [1.807, 2.05) is 19.9 Å². The van der Waals surface area contributed by atoms with Gasteiger partial charge in [-0.1, -0.05) is 15.9 Å². The lowest BCUT2D eigenvalue weighted by molar-refractivity contribution is -0.126. The molecule has 1 rings (SSSR count). The van der Waals surface area contributed by atoms with Crippen LogP contribution in [0, 0.1) is 0 Å². The SMILES string of the molecule is CCNC(=O)CC(=O)Nc1cc(Br)cc(OC(C)C)c1. The molecular formula is C14H19BrN2O3. The fourth-order valence-corrected chi connectivity index (χ4v) is 2.06. The first-order valence-corrected chi connectivity index (χ1v) is 7.23. The van der Waals surface area contributed by atoms with Gasteiger partial charge in [0.05, 0.1) is 6.10 Å². The average Bonchev–Trinajstić information content (AvgIpc) is 2.26. The summed E-state index contributed by atoms with van der Waals surface area (Å²) in [4.78, 5) is 23.0. The third-order valence-electron chi connectivity index (χ3n) is 2.22. The molecule has 0 spiro atoms. The molecule has 20 heavy (non-hydrogen) atoms. The Bertz CT molecular complexity index is 489. The second-order valence-corrected chi connectivity index (χ2v) is 5.44. The Hall–Kier alpha value is -1.56. The minimum atomic E-state index is -0.357. The first-order chi connectivity index (χ1) is 9.40. The summed E-state index contributed by atoms with van der Waals surface area (Å²) >= 11 is 3.36. The summed E-state index contributed by atoms with van der Waals surface area (Å²) in [5.41, 5.74) is 0.587. The maximum atomic E-state index is 11.7. The third kappa shape index (κ3) is 6.06. The number of nitrogens with one attached hydrogen (secondary N) is 2. The van der Waals surface area contributed by atoms with E-state index in [1.54, 1.807) is 19.1 Å². The molecule has 0 fully saturated rings. The van der Waals surface area contributed by atoms with E-state index in [9.17, 15) is 9.59 Å². The van der Waals surface area contributed by atoms with Crippen LogP contribution in [-0.4, -0.2) is 24.5 Å². The standard InChI is InChI=1S/C14H19BrN2O3/c1-4-16-13(18)8-14(19)17-11-5-10(15)6-12(7-11)20-9(2)3/h5-7,9H,4,8H2,1-3H3,(H,16,18)(H,17,19). The Balaban J connectivity index is 2.69. The highest BCUT2D eigenvalue weighted by molar-refractivity contribution is 9.10. The topological polar surface area (TPSA) is 67.4 Å². The van der Waals surface area contributed by atoms with Crippen LogP contribution in [0.25, 0.3) is 0 Å². The molecule has 0 aliphatic rings. The molecule has 0 heterocycles. The maximum Gasteiger partial charge on any atom is 0.233 e. The van der Waals surface area contributed by atoms with Gasteiger partial charge in [-0.3, -0.25) is 9.59 Å². The number of rotatable bonds is 6. The lowest BCUT2D eigenvalue weighted by Gasteiger charge is -2.12. The Morgan fingerprint density at radius 3 is 2.55 bits per heavy atom.